The van der Waals surface area contributed by atoms with E-state index in [-0.39, 0.29) is 6.10 Å². The zero-order chi connectivity index (χ0) is 9.56. The molecular weight excluding hydrogens is 178 g/mol. The normalized spacial score (nSPS) is 10.3. The molecule has 0 fully saturated rings. The van der Waals surface area contributed by atoms with Crippen molar-refractivity contribution in [1.82, 2.24) is 4.31 Å². The second kappa shape index (κ2) is 6.14. The molecule has 12 heavy (non-hydrogen) atoms. The van der Waals surface area contributed by atoms with Gasteiger partial charge in [-0.25, -0.2) is 9.10 Å². The quantitative estimate of drug-likeness (QED) is 0.538. The molecule has 0 saturated heterocycles. The molecule has 5 heteroatoms. The van der Waals surface area contributed by atoms with Gasteiger partial charge in [-0.3, -0.25) is 4.18 Å². The lowest BCUT2D eigenvalue weighted by atomic mass is 10.2. The van der Waals surface area contributed by atoms with Gasteiger partial charge in [0.15, 0.2) is 0 Å². The smallest absolute Gasteiger partial charge is 0.418 e. The molecule has 0 aromatic heterocycles. The van der Waals surface area contributed by atoms with E-state index in [1.165, 1.54) is 7.05 Å². The van der Waals surface area contributed by atoms with Crippen LogP contribution in [0.25, 0.3) is 0 Å². The van der Waals surface area contributed by atoms with Crippen LogP contribution in [0, 0.1) is 0 Å². The molecule has 0 spiro atoms. The number of hydrogen-bond donors (Lipinski definition) is 1. The highest BCUT2D eigenvalue weighted by atomic mass is 32.2. The maximum Gasteiger partial charge on any atom is 0.418 e. The number of nitrogens with zero attached hydrogens (tertiary/aromatic N) is 1. The van der Waals surface area contributed by atoms with E-state index < -0.39 is 6.09 Å². The van der Waals surface area contributed by atoms with Crippen molar-refractivity contribution in [1.29, 1.82) is 0 Å². The van der Waals surface area contributed by atoms with Crippen molar-refractivity contribution in [2.45, 2.75) is 32.8 Å². The van der Waals surface area contributed by atoms with Gasteiger partial charge in [0.2, 0.25) is 0 Å². The van der Waals surface area contributed by atoms with E-state index in [2.05, 4.69) is 0 Å². The molecule has 4 nitrogen and oxygen atoms in total. The van der Waals surface area contributed by atoms with Crippen molar-refractivity contribution >= 4 is 18.3 Å². The summed E-state index contributed by atoms with van der Waals surface area (Å²) in [7, 11) is 1.45. The van der Waals surface area contributed by atoms with Crippen molar-refractivity contribution in [2.75, 3.05) is 7.05 Å². The van der Waals surface area contributed by atoms with Gasteiger partial charge in [0.1, 0.15) is 12.2 Å². The standard InChI is InChI=1S/C7H15NO3S/c1-4-6(5-2)11-12-8(3)7(9)10/h6H,4-5H2,1-3H3,(H,9,10). The first kappa shape index (κ1) is 11.6. The van der Waals surface area contributed by atoms with Crippen molar-refractivity contribution in [3.63, 3.8) is 0 Å². The highest BCUT2D eigenvalue weighted by Gasteiger charge is 2.10. The second-order valence-corrected chi connectivity index (χ2v) is 3.28. The van der Waals surface area contributed by atoms with E-state index >= 15 is 0 Å². The van der Waals surface area contributed by atoms with Crippen molar-refractivity contribution in [3.8, 4) is 0 Å². The summed E-state index contributed by atoms with van der Waals surface area (Å²) in [5, 5.41) is 8.47. The van der Waals surface area contributed by atoms with E-state index in [1.54, 1.807) is 0 Å². The minimum absolute atomic E-state index is 0.136. The molecule has 0 heterocycles. The lowest BCUT2D eigenvalue weighted by Crippen LogP contribution is -2.19. The molecule has 72 valence electrons. The van der Waals surface area contributed by atoms with Gasteiger partial charge in [0.05, 0.1) is 6.10 Å². The summed E-state index contributed by atoms with van der Waals surface area (Å²) in [4.78, 5) is 10.3. The Morgan fingerprint density at radius 1 is 1.58 bits per heavy atom. The van der Waals surface area contributed by atoms with Crippen LogP contribution in [-0.4, -0.2) is 28.7 Å². The molecule has 0 bridgehead atoms. The Balaban J connectivity index is 3.58. The lowest BCUT2D eigenvalue weighted by molar-refractivity contribution is 0.172. The zero-order valence-electron chi connectivity index (χ0n) is 7.61. The molecule has 0 unspecified atom stereocenters. The van der Waals surface area contributed by atoms with Crippen LogP contribution < -0.4 is 0 Å². The second-order valence-electron chi connectivity index (χ2n) is 2.39. The molecule has 0 rings (SSSR count). The van der Waals surface area contributed by atoms with Gasteiger partial charge >= 0.3 is 6.09 Å². The Labute approximate surface area is 77.2 Å². The van der Waals surface area contributed by atoms with Crippen LogP contribution in [0.2, 0.25) is 0 Å². The third-order valence-corrected chi connectivity index (χ3v) is 2.21. The van der Waals surface area contributed by atoms with E-state index in [0.717, 1.165) is 29.4 Å². The molecule has 0 atom stereocenters. The fraction of sp³-hybridized carbons (Fsp3) is 0.857. The van der Waals surface area contributed by atoms with Crippen LogP contribution in [0.15, 0.2) is 0 Å². The molecule has 0 aromatic carbocycles. The Morgan fingerprint density at radius 3 is 2.42 bits per heavy atom. The van der Waals surface area contributed by atoms with Gasteiger partial charge in [-0.05, 0) is 12.8 Å². The minimum Gasteiger partial charge on any atom is -0.464 e. The van der Waals surface area contributed by atoms with Gasteiger partial charge in [0, 0.05) is 7.05 Å². The van der Waals surface area contributed by atoms with Gasteiger partial charge in [-0.15, -0.1) is 0 Å². The van der Waals surface area contributed by atoms with E-state index in [4.69, 9.17) is 9.29 Å². The highest BCUT2D eigenvalue weighted by Crippen LogP contribution is 2.15. The molecule has 0 aliphatic carbocycles. The molecule has 0 radical (unpaired) electrons. The van der Waals surface area contributed by atoms with E-state index in [0.29, 0.717) is 0 Å². The first-order valence-corrected chi connectivity index (χ1v) is 4.61. The Kier molecular flexibility index (Phi) is 5.92. The van der Waals surface area contributed by atoms with Crippen LogP contribution in [-0.2, 0) is 4.18 Å². The molecular formula is C7H15NO3S. The van der Waals surface area contributed by atoms with Crippen LogP contribution in [0.1, 0.15) is 26.7 Å². The topological polar surface area (TPSA) is 49.8 Å². The van der Waals surface area contributed by atoms with Gasteiger partial charge in [-0.1, -0.05) is 13.8 Å². The molecule has 0 aliphatic heterocycles. The van der Waals surface area contributed by atoms with Crippen LogP contribution >= 0.6 is 12.2 Å². The highest BCUT2D eigenvalue weighted by molar-refractivity contribution is 7.92. The van der Waals surface area contributed by atoms with Crippen molar-refractivity contribution in [3.05, 3.63) is 0 Å². The average Bonchev–Trinajstić information content (AvgIpc) is 2.05. The summed E-state index contributed by atoms with van der Waals surface area (Å²) in [5.41, 5.74) is 0. The number of amides is 1. The summed E-state index contributed by atoms with van der Waals surface area (Å²) in [6, 6.07) is 0. The fourth-order valence-electron chi connectivity index (χ4n) is 0.582. The van der Waals surface area contributed by atoms with Crippen LogP contribution in [0.5, 0.6) is 0 Å². The fourth-order valence-corrected chi connectivity index (χ4v) is 1.17. The maximum absolute atomic E-state index is 10.3. The molecule has 0 aliphatic rings. The first-order valence-electron chi connectivity index (χ1n) is 3.91. The summed E-state index contributed by atoms with van der Waals surface area (Å²) >= 11 is 0.876. The lowest BCUT2D eigenvalue weighted by Gasteiger charge is -2.15. The predicted molar refractivity (Wildman–Crippen MR) is 48.8 cm³/mol. The number of rotatable bonds is 5. The number of hydrogen-bond acceptors (Lipinski definition) is 3. The van der Waals surface area contributed by atoms with Crippen molar-refractivity contribution in [2.24, 2.45) is 0 Å². The van der Waals surface area contributed by atoms with E-state index in [9.17, 15) is 4.79 Å². The predicted octanol–water partition coefficient (Wildman–Crippen LogP) is 2.36. The largest absolute Gasteiger partial charge is 0.464 e. The zero-order valence-corrected chi connectivity index (χ0v) is 8.43. The summed E-state index contributed by atoms with van der Waals surface area (Å²) in [6.07, 6.45) is 0.941. The van der Waals surface area contributed by atoms with Gasteiger partial charge in [-0.2, -0.15) is 0 Å². The molecule has 1 amide bonds. The monoisotopic (exact) mass is 193 g/mol. The Hall–Kier alpha value is -0.420. The van der Waals surface area contributed by atoms with Crippen LogP contribution in [0.3, 0.4) is 0 Å². The number of carboxylic acid groups (broad SMARTS) is 1. The molecule has 0 saturated carbocycles. The van der Waals surface area contributed by atoms with Gasteiger partial charge < -0.3 is 5.11 Å². The molecule has 0 aromatic rings. The first-order chi connectivity index (χ1) is 5.61. The maximum atomic E-state index is 10.3. The van der Waals surface area contributed by atoms with Crippen molar-refractivity contribution < 1.29 is 14.1 Å². The third kappa shape index (κ3) is 4.46. The number of carbonyl (C=O) groups is 1. The summed E-state index contributed by atoms with van der Waals surface area (Å²) in [5.74, 6) is 0. The minimum atomic E-state index is -0.994. The van der Waals surface area contributed by atoms with Gasteiger partial charge in [0.25, 0.3) is 0 Å². The Bertz CT molecular complexity index is 139. The summed E-state index contributed by atoms with van der Waals surface area (Å²) in [6.45, 7) is 4.02. The van der Waals surface area contributed by atoms with E-state index in [1.807, 2.05) is 13.8 Å². The van der Waals surface area contributed by atoms with Crippen LogP contribution in [0.4, 0.5) is 4.79 Å². The summed E-state index contributed by atoms with van der Waals surface area (Å²) < 4.78 is 6.27. The Morgan fingerprint density at radius 2 is 2.08 bits per heavy atom. The SMILES string of the molecule is CCC(CC)OSN(C)C(=O)O. The molecule has 1 N–H and O–H groups in total. The third-order valence-electron chi connectivity index (χ3n) is 1.47. The average molecular weight is 193 g/mol.